The zero-order valence-corrected chi connectivity index (χ0v) is 9.18. The van der Waals surface area contributed by atoms with E-state index in [0.29, 0.717) is 6.42 Å². The average molecular weight is 237 g/mol. The molecule has 0 bridgehead atoms. The number of rotatable bonds is 3. The Morgan fingerprint density at radius 3 is 2.80 bits per heavy atom. The molecule has 0 aromatic rings. The van der Waals surface area contributed by atoms with Crippen molar-refractivity contribution in [1.29, 1.82) is 0 Å². The number of carboxylic acid groups (broad SMARTS) is 1. The van der Waals surface area contributed by atoms with Gasteiger partial charge in [-0.3, -0.25) is 4.18 Å². The minimum Gasteiger partial charge on any atom is -0.477 e. The number of aliphatic hydroxyl groups excluding tert-OH is 1. The molecule has 1 heterocycles. The van der Waals surface area contributed by atoms with Gasteiger partial charge in [-0.15, -0.1) is 0 Å². The number of thiol groups is 1. The van der Waals surface area contributed by atoms with Gasteiger partial charge in [0, 0.05) is 6.42 Å². The Morgan fingerprint density at radius 1 is 1.80 bits per heavy atom. The first-order valence-corrected chi connectivity index (χ1v) is 5.00. The molecule has 1 fully saturated rings. The zero-order chi connectivity index (χ0) is 11.6. The van der Waals surface area contributed by atoms with Crippen LogP contribution in [0.25, 0.3) is 0 Å². The first-order chi connectivity index (χ1) is 6.96. The third kappa shape index (κ3) is 2.26. The number of carboxylic acids is 1. The molecule has 15 heavy (non-hydrogen) atoms. The van der Waals surface area contributed by atoms with Crippen LogP contribution in [0.3, 0.4) is 0 Å². The third-order valence-corrected chi connectivity index (χ3v) is 2.86. The quantitative estimate of drug-likeness (QED) is 0.390. The molecule has 4 N–H and O–H groups in total. The summed E-state index contributed by atoms with van der Waals surface area (Å²) >= 11 is 3.48. The maximum absolute atomic E-state index is 11.0. The van der Waals surface area contributed by atoms with Crippen LogP contribution in [0.4, 0.5) is 0 Å². The lowest BCUT2D eigenvalue weighted by Gasteiger charge is -2.41. The second kappa shape index (κ2) is 4.67. The third-order valence-electron chi connectivity index (χ3n) is 2.57. The highest BCUT2D eigenvalue weighted by molar-refractivity contribution is 7.75. The molecule has 0 saturated carbocycles. The van der Waals surface area contributed by atoms with Gasteiger partial charge in [-0.25, -0.2) is 4.79 Å². The normalized spacial score (nSPS) is 41.5. The van der Waals surface area contributed by atoms with Crippen molar-refractivity contribution in [2.75, 3.05) is 0 Å². The maximum atomic E-state index is 11.0. The van der Waals surface area contributed by atoms with Crippen LogP contribution < -0.4 is 5.73 Å². The molecule has 0 spiro atoms. The molecule has 0 aromatic heterocycles. The standard InChI is InChI=1S/C8H15NO5S/c1-2-5-6(9)4(10)3-8(13-5,14-15)7(11)12/h4-6,10,15H,2-3,9H2,1H3,(H,11,12). The first kappa shape index (κ1) is 12.7. The Morgan fingerprint density at radius 2 is 2.40 bits per heavy atom. The van der Waals surface area contributed by atoms with Gasteiger partial charge in [-0.05, 0) is 19.3 Å². The smallest absolute Gasteiger partial charge is 0.365 e. The molecular formula is C8H15NO5S. The molecule has 1 aliphatic rings. The Bertz CT molecular complexity index is 251. The molecule has 1 saturated heterocycles. The van der Waals surface area contributed by atoms with E-state index in [0.717, 1.165) is 0 Å². The van der Waals surface area contributed by atoms with Gasteiger partial charge in [0.1, 0.15) is 0 Å². The van der Waals surface area contributed by atoms with Gasteiger partial charge >= 0.3 is 5.97 Å². The van der Waals surface area contributed by atoms with Gasteiger partial charge in [-0.2, -0.15) is 0 Å². The van der Waals surface area contributed by atoms with Crippen LogP contribution in [0.2, 0.25) is 0 Å². The van der Waals surface area contributed by atoms with Crippen LogP contribution in [0.5, 0.6) is 0 Å². The van der Waals surface area contributed by atoms with E-state index < -0.39 is 30.0 Å². The van der Waals surface area contributed by atoms with Gasteiger partial charge in [0.05, 0.1) is 18.2 Å². The Hall–Kier alpha value is -0.340. The van der Waals surface area contributed by atoms with Crippen molar-refractivity contribution in [3.05, 3.63) is 0 Å². The molecule has 0 radical (unpaired) electrons. The van der Waals surface area contributed by atoms with Gasteiger partial charge in [0.15, 0.2) is 0 Å². The molecule has 6 nitrogen and oxygen atoms in total. The molecule has 4 atom stereocenters. The van der Waals surface area contributed by atoms with Crippen LogP contribution in [-0.2, 0) is 13.7 Å². The molecule has 7 heteroatoms. The SMILES string of the molecule is CCC1OC(OS)(C(=O)O)CC(O)C1N. The highest BCUT2D eigenvalue weighted by atomic mass is 32.1. The summed E-state index contributed by atoms with van der Waals surface area (Å²) in [6, 6.07) is -0.606. The number of ether oxygens (including phenoxy) is 1. The topological polar surface area (TPSA) is 102 Å². The van der Waals surface area contributed by atoms with Crippen LogP contribution in [-0.4, -0.2) is 40.2 Å². The lowest BCUT2D eigenvalue weighted by Crippen LogP contribution is -2.61. The Kier molecular flexibility index (Phi) is 3.96. The Balaban J connectivity index is 2.89. The predicted molar refractivity (Wildman–Crippen MR) is 54.2 cm³/mol. The van der Waals surface area contributed by atoms with Crippen LogP contribution in [0.1, 0.15) is 19.8 Å². The minimum absolute atomic E-state index is 0.233. The summed E-state index contributed by atoms with van der Waals surface area (Å²) in [5.41, 5.74) is 5.66. The maximum Gasteiger partial charge on any atom is 0.365 e. The van der Waals surface area contributed by atoms with Crippen molar-refractivity contribution in [3.63, 3.8) is 0 Å². The summed E-state index contributed by atoms with van der Waals surface area (Å²) in [5.74, 6) is -3.22. The highest BCUT2D eigenvalue weighted by Gasteiger charge is 2.51. The van der Waals surface area contributed by atoms with E-state index in [1.54, 1.807) is 6.92 Å². The summed E-state index contributed by atoms with van der Waals surface area (Å²) in [6.07, 6.45) is -1.28. The summed E-state index contributed by atoms with van der Waals surface area (Å²) < 4.78 is 9.78. The Labute approximate surface area is 93.0 Å². The van der Waals surface area contributed by atoms with Crippen LogP contribution in [0.15, 0.2) is 0 Å². The molecule has 88 valence electrons. The fourth-order valence-electron chi connectivity index (χ4n) is 1.62. The van der Waals surface area contributed by atoms with E-state index in [1.807, 2.05) is 0 Å². The summed E-state index contributed by atoms with van der Waals surface area (Å²) in [4.78, 5) is 11.0. The van der Waals surface area contributed by atoms with Crippen LogP contribution in [0, 0.1) is 0 Å². The minimum atomic E-state index is -1.90. The average Bonchev–Trinajstić information content (AvgIpc) is 2.21. The summed E-state index contributed by atoms with van der Waals surface area (Å²) in [7, 11) is 0. The first-order valence-electron chi connectivity index (χ1n) is 4.64. The van der Waals surface area contributed by atoms with Gasteiger partial charge in [0.2, 0.25) is 0 Å². The van der Waals surface area contributed by atoms with Gasteiger partial charge < -0.3 is 20.7 Å². The highest BCUT2D eigenvalue weighted by Crippen LogP contribution is 2.32. The molecule has 4 unspecified atom stereocenters. The van der Waals surface area contributed by atoms with Crippen molar-refractivity contribution in [1.82, 2.24) is 0 Å². The summed E-state index contributed by atoms with van der Waals surface area (Å²) in [5, 5.41) is 18.6. The van der Waals surface area contributed by atoms with Crippen molar-refractivity contribution in [2.45, 2.75) is 43.8 Å². The molecule has 0 amide bonds. The molecular weight excluding hydrogens is 222 g/mol. The largest absolute Gasteiger partial charge is 0.477 e. The van der Waals surface area contributed by atoms with Crippen LogP contribution >= 0.6 is 12.9 Å². The molecule has 1 rings (SSSR count). The molecule has 1 aliphatic heterocycles. The number of carbonyl (C=O) groups is 1. The van der Waals surface area contributed by atoms with Crippen molar-refractivity contribution in [3.8, 4) is 0 Å². The fraction of sp³-hybridized carbons (Fsp3) is 0.875. The molecule has 0 aliphatic carbocycles. The van der Waals surface area contributed by atoms with E-state index in [4.69, 9.17) is 15.6 Å². The van der Waals surface area contributed by atoms with Crippen molar-refractivity contribution < 1.29 is 23.9 Å². The second-order valence-electron chi connectivity index (χ2n) is 3.56. The number of hydrogen-bond acceptors (Lipinski definition) is 6. The lowest BCUT2D eigenvalue weighted by atomic mass is 9.93. The van der Waals surface area contributed by atoms with Crippen molar-refractivity contribution in [2.24, 2.45) is 5.73 Å². The lowest BCUT2D eigenvalue weighted by molar-refractivity contribution is -0.257. The van der Waals surface area contributed by atoms with E-state index in [-0.39, 0.29) is 6.42 Å². The van der Waals surface area contributed by atoms with Gasteiger partial charge in [0.25, 0.3) is 5.79 Å². The zero-order valence-electron chi connectivity index (χ0n) is 8.29. The number of aliphatic carboxylic acids is 1. The predicted octanol–water partition coefficient (Wildman–Crippen LogP) is -0.484. The number of hydrogen-bond donors (Lipinski definition) is 4. The number of aliphatic hydroxyl groups is 1. The van der Waals surface area contributed by atoms with Gasteiger partial charge in [-0.1, -0.05) is 6.92 Å². The monoisotopic (exact) mass is 237 g/mol. The number of nitrogens with two attached hydrogens (primary N) is 1. The second-order valence-corrected chi connectivity index (χ2v) is 3.75. The molecule has 0 aromatic carbocycles. The van der Waals surface area contributed by atoms with E-state index in [1.165, 1.54) is 0 Å². The van der Waals surface area contributed by atoms with E-state index in [2.05, 4.69) is 17.1 Å². The van der Waals surface area contributed by atoms with E-state index >= 15 is 0 Å². The summed E-state index contributed by atoms with van der Waals surface area (Å²) in [6.45, 7) is 1.79. The van der Waals surface area contributed by atoms with E-state index in [9.17, 15) is 9.90 Å². The fourth-order valence-corrected chi connectivity index (χ4v) is 1.82. The van der Waals surface area contributed by atoms with Crippen molar-refractivity contribution >= 4 is 18.9 Å².